The number of nitrogens with one attached hydrogen (secondary N) is 1. The van der Waals surface area contributed by atoms with Crippen LogP contribution < -0.4 is 10.2 Å². The Labute approximate surface area is 191 Å². The number of anilines is 3. The van der Waals surface area contributed by atoms with Gasteiger partial charge < -0.3 is 24.6 Å². The van der Waals surface area contributed by atoms with Gasteiger partial charge in [-0.05, 0) is 31.2 Å². The number of aromatic nitrogens is 3. The van der Waals surface area contributed by atoms with Gasteiger partial charge in [0.1, 0.15) is 5.76 Å². The molecule has 13 heteroatoms. The van der Waals surface area contributed by atoms with E-state index in [1.807, 2.05) is 31.2 Å². The Hall–Kier alpha value is -4.18. The molecular weight excluding hydrogens is 457 g/mol. The number of carboxylic acids is 1. The summed E-state index contributed by atoms with van der Waals surface area (Å²) in [6.07, 6.45) is -3.41. The lowest BCUT2D eigenvalue weighted by molar-refractivity contribution is -0.192. The molecule has 3 heterocycles. The van der Waals surface area contributed by atoms with Crippen LogP contribution in [0, 0.1) is 18.3 Å². The highest BCUT2D eigenvalue weighted by Crippen LogP contribution is 2.27. The molecule has 1 saturated heterocycles. The zero-order valence-corrected chi connectivity index (χ0v) is 17.8. The van der Waals surface area contributed by atoms with Crippen molar-refractivity contribution in [2.75, 3.05) is 36.5 Å². The molecule has 1 fully saturated rings. The number of benzene rings is 1. The van der Waals surface area contributed by atoms with E-state index >= 15 is 0 Å². The minimum absolute atomic E-state index is 0.413. The molecule has 1 aliphatic heterocycles. The molecule has 2 N–H and O–H groups in total. The van der Waals surface area contributed by atoms with Crippen molar-refractivity contribution in [2.24, 2.45) is 0 Å². The molecule has 2 aromatic heterocycles. The fraction of sp³-hybridized carbons (Fsp3) is 0.286. The number of aliphatic carboxylic acids is 1. The first-order chi connectivity index (χ1) is 16.2. The standard InChI is InChI=1S/C19H18N6O2.C2HF3O2/c1-13-8-18(24-27-13)23-19-21-3-2-17(22-19)15-9-14(12-20)10-16(11-15)25-4-6-26-7-5-25;3-2(4,5)1(6)7/h2-3,8-11H,4-7H2,1H3,(H,21,22,23,24);(H,6,7). The maximum Gasteiger partial charge on any atom is 0.490 e. The van der Waals surface area contributed by atoms with Crippen molar-refractivity contribution in [2.45, 2.75) is 13.1 Å². The summed E-state index contributed by atoms with van der Waals surface area (Å²) in [7, 11) is 0. The second kappa shape index (κ2) is 10.6. The topological polar surface area (TPSA) is 137 Å². The lowest BCUT2D eigenvalue weighted by Crippen LogP contribution is -2.36. The summed E-state index contributed by atoms with van der Waals surface area (Å²) in [6.45, 7) is 4.79. The normalized spacial score (nSPS) is 13.4. The number of nitrogens with zero attached hydrogens (tertiary/aromatic N) is 5. The van der Waals surface area contributed by atoms with Gasteiger partial charge in [-0.15, -0.1) is 0 Å². The molecule has 0 aliphatic carbocycles. The first-order valence-corrected chi connectivity index (χ1v) is 9.87. The van der Waals surface area contributed by atoms with E-state index < -0.39 is 12.1 Å². The van der Waals surface area contributed by atoms with Crippen LogP contribution in [-0.2, 0) is 9.53 Å². The molecular formula is C21H19F3N6O4. The van der Waals surface area contributed by atoms with E-state index in [2.05, 4.69) is 31.4 Å². The van der Waals surface area contributed by atoms with Gasteiger partial charge in [0.15, 0.2) is 5.82 Å². The van der Waals surface area contributed by atoms with Crippen molar-refractivity contribution in [1.82, 2.24) is 15.1 Å². The van der Waals surface area contributed by atoms with Crippen LogP contribution in [0.4, 0.5) is 30.6 Å². The highest BCUT2D eigenvalue weighted by Gasteiger charge is 2.38. The summed E-state index contributed by atoms with van der Waals surface area (Å²) in [5.41, 5.74) is 3.17. The first kappa shape index (κ1) is 24.5. The maximum atomic E-state index is 10.6. The molecule has 34 heavy (non-hydrogen) atoms. The summed E-state index contributed by atoms with van der Waals surface area (Å²) < 4.78 is 42.2. The zero-order chi connectivity index (χ0) is 24.7. The number of aryl methyl sites for hydroxylation is 1. The van der Waals surface area contributed by atoms with Crippen molar-refractivity contribution >= 4 is 23.4 Å². The third kappa shape index (κ3) is 6.66. The van der Waals surface area contributed by atoms with E-state index in [1.165, 1.54) is 0 Å². The summed E-state index contributed by atoms with van der Waals surface area (Å²) in [6, 6.07) is 11.6. The number of morpholine rings is 1. The molecule has 10 nitrogen and oxygen atoms in total. The Morgan fingerprint density at radius 3 is 2.53 bits per heavy atom. The maximum absolute atomic E-state index is 10.6. The Balaban J connectivity index is 0.000000406. The predicted molar refractivity (Wildman–Crippen MR) is 113 cm³/mol. The second-order valence-electron chi connectivity index (χ2n) is 7.00. The average Bonchev–Trinajstić information content (AvgIpc) is 3.23. The van der Waals surface area contributed by atoms with Gasteiger partial charge in [0.25, 0.3) is 0 Å². The Morgan fingerprint density at radius 1 is 1.24 bits per heavy atom. The Kier molecular flexibility index (Phi) is 7.64. The summed E-state index contributed by atoms with van der Waals surface area (Å²) in [5, 5.41) is 23.5. The monoisotopic (exact) mass is 476 g/mol. The molecule has 1 aromatic carbocycles. The number of carbonyl (C=O) groups is 1. The van der Waals surface area contributed by atoms with E-state index in [0.717, 1.165) is 30.0 Å². The van der Waals surface area contributed by atoms with Gasteiger partial charge in [-0.25, -0.2) is 14.8 Å². The van der Waals surface area contributed by atoms with Gasteiger partial charge in [0.05, 0.1) is 30.5 Å². The number of halogens is 3. The van der Waals surface area contributed by atoms with E-state index in [4.69, 9.17) is 19.2 Å². The highest BCUT2D eigenvalue weighted by molar-refractivity contribution is 5.73. The fourth-order valence-electron chi connectivity index (χ4n) is 2.95. The molecule has 3 aromatic rings. The van der Waals surface area contributed by atoms with Crippen molar-refractivity contribution in [1.29, 1.82) is 5.26 Å². The van der Waals surface area contributed by atoms with E-state index in [-0.39, 0.29) is 0 Å². The summed E-state index contributed by atoms with van der Waals surface area (Å²) >= 11 is 0. The molecule has 0 atom stereocenters. The van der Waals surface area contributed by atoms with Gasteiger partial charge in [0, 0.05) is 36.6 Å². The third-order valence-electron chi connectivity index (χ3n) is 4.48. The summed E-state index contributed by atoms with van der Waals surface area (Å²) in [5.74, 6) is -1.10. The van der Waals surface area contributed by atoms with E-state index in [0.29, 0.717) is 36.3 Å². The first-order valence-electron chi connectivity index (χ1n) is 9.87. The molecule has 4 rings (SSSR count). The van der Waals surface area contributed by atoms with Crippen LogP contribution in [0.1, 0.15) is 11.3 Å². The Bertz CT molecular complexity index is 1190. The van der Waals surface area contributed by atoms with Crippen LogP contribution in [-0.4, -0.2) is 58.7 Å². The quantitative estimate of drug-likeness (QED) is 0.575. The van der Waals surface area contributed by atoms with Crippen LogP contribution >= 0.6 is 0 Å². The van der Waals surface area contributed by atoms with Gasteiger partial charge in [-0.2, -0.15) is 18.4 Å². The number of alkyl halides is 3. The van der Waals surface area contributed by atoms with Crippen molar-refractivity contribution in [3.8, 4) is 17.3 Å². The van der Waals surface area contributed by atoms with E-state index in [9.17, 15) is 18.4 Å². The largest absolute Gasteiger partial charge is 0.490 e. The van der Waals surface area contributed by atoms with E-state index in [1.54, 1.807) is 12.3 Å². The number of rotatable bonds is 4. The van der Waals surface area contributed by atoms with Crippen LogP contribution in [0.15, 0.2) is 41.1 Å². The van der Waals surface area contributed by atoms with Crippen molar-refractivity contribution in [3.05, 3.63) is 47.9 Å². The molecule has 0 amide bonds. The Morgan fingerprint density at radius 2 is 1.94 bits per heavy atom. The van der Waals surface area contributed by atoms with Crippen LogP contribution in [0.2, 0.25) is 0 Å². The highest BCUT2D eigenvalue weighted by atomic mass is 19.4. The third-order valence-corrected chi connectivity index (χ3v) is 4.48. The van der Waals surface area contributed by atoms with Crippen LogP contribution in [0.3, 0.4) is 0 Å². The number of nitriles is 1. The number of carboxylic acid groups (broad SMARTS) is 1. The number of hydrogen-bond acceptors (Lipinski definition) is 9. The molecule has 1 aliphatic rings. The zero-order valence-electron chi connectivity index (χ0n) is 17.8. The minimum Gasteiger partial charge on any atom is -0.475 e. The number of hydrogen-bond donors (Lipinski definition) is 2. The predicted octanol–water partition coefficient (Wildman–Crippen LogP) is 3.53. The SMILES string of the molecule is Cc1cc(Nc2nccc(-c3cc(C#N)cc(N4CCOCC4)c3)n2)no1.O=C(O)C(F)(F)F. The summed E-state index contributed by atoms with van der Waals surface area (Å²) in [4.78, 5) is 19.9. The second-order valence-corrected chi connectivity index (χ2v) is 7.00. The fourth-order valence-corrected chi connectivity index (χ4v) is 2.95. The molecule has 0 unspecified atom stereocenters. The molecule has 0 spiro atoms. The molecule has 0 saturated carbocycles. The van der Waals surface area contributed by atoms with Crippen LogP contribution in [0.25, 0.3) is 11.3 Å². The lowest BCUT2D eigenvalue weighted by atomic mass is 10.1. The minimum atomic E-state index is -5.08. The molecule has 178 valence electrons. The van der Waals surface area contributed by atoms with Gasteiger partial charge in [0.2, 0.25) is 5.95 Å². The smallest absolute Gasteiger partial charge is 0.475 e. The van der Waals surface area contributed by atoms with Gasteiger partial charge in [-0.1, -0.05) is 5.16 Å². The van der Waals surface area contributed by atoms with Gasteiger partial charge in [-0.3, -0.25) is 0 Å². The average molecular weight is 476 g/mol. The lowest BCUT2D eigenvalue weighted by Gasteiger charge is -2.29. The molecule has 0 bridgehead atoms. The number of ether oxygens (including phenoxy) is 1. The van der Waals surface area contributed by atoms with Crippen molar-refractivity contribution in [3.63, 3.8) is 0 Å². The van der Waals surface area contributed by atoms with Crippen molar-refractivity contribution < 1.29 is 32.3 Å². The van der Waals surface area contributed by atoms with Gasteiger partial charge >= 0.3 is 12.1 Å². The van der Waals surface area contributed by atoms with Crippen LogP contribution in [0.5, 0.6) is 0 Å². The molecule has 0 radical (unpaired) electrons.